The van der Waals surface area contributed by atoms with E-state index in [1.54, 1.807) is 37.3 Å². The Hall–Kier alpha value is -3.53. The average molecular weight is 565 g/mol. The molecule has 3 heterocycles. The van der Waals surface area contributed by atoms with Crippen LogP contribution in [-0.2, 0) is 10.0 Å². The van der Waals surface area contributed by atoms with Gasteiger partial charge in [0.1, 0.15) is 17.4 Å². The number of hydrogen-bond acceptors (Lipinski definition) is 7. The average Bonchev–Trinajstić information content (AvgIpc) is 3.29. The molecular weight excluding hydrogens is 531 g/mol. The van der Waals surface area contributed by atoms with Gasteiger partial charge in [-0.2, -0.15) is 8.42 Å². The zero-order valence-corrected chi connectivity index (χ0v) is 23.7. The van der Waals surface area contributed by atoms with Gasteiger partial charge in [-0.05, 0) is 85.8 Å². The standard InChI is InChI=1S/C30H33FN4O4S/c1-18(2)16-39-24-12-20(11-23(31)13-24)26-10-9-25(29(36)34-40(37,38)27-6-4-5-19(3)32-27)28(33-26)35-15-22-8-7-21-14-30(21,22)17-35/h4-6,9-13,18,21-22H,7-8,14-17H2,1-3H3,(H,34,36)/t21-,22?,30?/m0/s1. The van der Waals surface area contributed by atoms with Crippen LogP contribution in [0.1, 0.15) is 49.2 Å². The highest BCUT2D eigenvalue weighted by molar-refractivity contribution is 7.90. The van der Waals surface area contributed by atoms with Gasteiger partial charge in [0.2, 0.25) is 0 Å². The Balaban J connectivity index is 1.36. The molecule has 1 aromatic carbocycles. The monoisotopic (exact) mass is 564 g/mol. The summed E-state index contributed by atoms with van der Waals surface area (Å²) in [6.07, 6.45) is 3.57. The first-order valence-electron chi connectivity index (χ1n) is 13.7. The zero-order chi connectivity index (χ0) is 28.2. The Bertz CT molecular complexity index is 1590. The minimum absolute atomic E-state index is 0.154. The fourth-order valence-electron chi connectivity index (χ4n) is 6.40. The fourth-order valence-corrected chi connectivity index (χ4v) is 7.38. The van der Waals surface area contributed by atoms with Crippen LogP contribution in [0.4, 0.5) is 10.2 Å². The molecule has 210 valence electrons. The highest BCUT2D eigenvalue weighted by Crippen LogP contribution is 2.69. The summed E-state index contributed by atoms with van der Waals surface area (Å²) in [5.41, 5.74) is 1.94. The highest BCUT2D eigenvalue weighted by Gasteiger charge is 2.66. The predicted octanol–water partition coefficient (Wildman–Crippen LogP) is 4.98. The number of aromatic nitrogens is 2. The lowest BCUT2D eigenvalue weighted by Gasteiger charge is -2.22. The van der Waals surface area contributed by atoms with E-state index in [4.69, 9.17) is 9.72 Å². The van der Waals surface area contributed by atoms with Crippen LogP contribution < -0.4 is 14.4 Å². The third kappa shape index (κ3) is 4.93. The van der Waals surface area contributed by atoms with Crippen molar-refractivity contribution in [3.05, 3.63) is 65.6 Å². The predicted molar refractivity (Wildman–Crippen MR) is 149 cm³/mol. The largest absolute Gasteiger partial charge is 0.493 e. The molecule has 40 heavy (non-hydrogen) atoms. The molecule has 8 nitrogen and oxygen atoms in total. The van der Waals surface area contributed by atoms with E-state index >= 15 is 0 Å². The number of anilines is 1. The number of ether oxygens (including phenoxy) is 1. The number of nitrogens with one attached hydrogen (secondary N) is 1. The van der Waals surface area contributed by atoms with Crippen LogP contribution in [-0.4, -0.2) is 44.0 Å². The fraction of sp³-hybridized carbons (Fsp3) is 0.433. The molecule has 2 saturated carbocycles. The molecule has 1 saturated heterocycles. The van der Waals surface area contributed by atoms with Gasteiger partial charge in [0.15, 0.2) is 5.03 Å². The summed E-state index contributed by atoms with van der Waals surface area (Å²) in [6.45, 7) is 7.69. The first-order chi connectivity index (χ1) is 19.0. The molecule has 0 radical (unpaired) electrons. The highest BCUT2D eigenvalue weighted by atomic mass is 32.2. The Morgan fingerprint density at radius 3 is 2.67 bits per heavy atom. The number of aryl methyl sites for hydroxylation is 1. The molecule has 3 aromatic rings. The van der Waals surface area contributed by atoms with Gasteiger partial charge in [-0.15, -0.1) is 0 Å². The smallest absolute Gasteiger partial charge is 0.281 e. The van der Waals surface area contributed by atoms with Gasteiger partial charge in [0, 0.05) is 30.4 Å². The van der Waals surface area contributed by atoms with Gasteiger partial charge >= 0.3 is 0 Å². The van der Waals surface area contributed by atoms with Gasteiger partial charge in [0.25, 0.3) is 15.9 Å². The second-order valence-corrected chi connectivity index (χ2v) is 13.4. The normalized spacial score (nSPS) is 23.2. The lowest BCUT2D eigenvalue weighted by molar-refractivity contribution is 0.0981. The van der Waals surface area contributed by atoms with Crippen molar-refractivity contribution < 1.29 is 22.3 Å². The van der Waals surface area contributed by atoms with Gasteiger partial charge in [-0.3, -0.25) is 4.79 Å². The summed E-state index contributed by atoms with van der Waals surface area (Å²) in [4.78, 5) is 24.5. The van der Waals surface area contributed by atoms with Crippen molar-refractivity contribution in [2.24, 2.45) is 23.2 Å². The van der Waals surface area contributed by atoms with Crippen molar-refractivity contribution in [1.29, 1.82) is 0 Å². The van der Waals surface area contributed by atoms with Crippen LogP contribution in [0.25, 0.3) is 11.3 Å². The summed E-state index contributed by atoms with van der Waals surface area (Å²) < 4.78 is 48.5. The Morgan fingerprint density at radius 1 is 1.15 bits per heavy atom. The van der Waals surface area contributed by atoms with Crippen LogP contribution in [0.2, 0.25) is 0 Å². The summed E-state index contributed by atoms with van der Waals surface area (Å²) in [6, 6.07) is 12.3. The van der Waals surface area contributed by atoms with Crippen molar-refractivity contribution in [3.63, 3.8) is 0 Å². The van der Waals surface area contributed by atoms with Crippen molar-refractivity contribution in [2.45, 2.75) is 45.1 Å². The lowest BCUT2D eigenvalue weighted by atomic mass is 9.95. The van der Waals surface area contributed by atoms with Gasteiger partial charge in [-0.25, -0.2) is 19.1 Å². The van der Waals surface area contributed by atoms with Crippen LogP contribution in [0.5, 0.6) is 5.75 Å². The molecule has 1 aliphatic heterocycles. The third-order valence-corrected chi connectivity index (χ3v) is 9.65. The molecule has 2 aliphatic carbocycles. The maximum atomic E-state index is 14.6. The van der Waals surface area contributed by atoms with Crippen molar-refractivity contribution in [2.75, 3.05) is 24.6 Å². The minimum Gasteiger partial charge on any atom is -0.493 e. The quantitative estimate of drug-likeness (QED) is 0.412. The molecule has 1 spiro atoms. The molecule has 2 aromatic heterocycles. The van der Waals surface area contributed by atoms with E-state index in [0.29, 0.717) is 47.0 Å². The Morgan fingerprint density at radius 2 is 1.95 bits per heavy atom. The topological polar surface area (TPSA) is 101 Å². The molecule has 3 fully saturated rings. The number of carbonyl (C=O) groups excluding carboxylic acids is 1. The van der Waals surface area contributed by atoms with Crippen molar-refractivity contribution in [3.8, 4) is 17.0 Å². The molecule has 1 amide bonds. The maximum absolute atomic E-state index is 14.6. The van der Waals surface area contributed by atoms with E-state index in [1.807, 2.05) is 13.8 Å². The van der Waals surface area contributed by atoms with Crippen LogP contribution >= 0.6 is 0 Å². The SMILES string of the molecule is Cc1cccc(S(=O)(=O)NC(=O)c2ccc(-c3cc(F)cc(OCC(C)C)c3)nc2N2CC3CC[C@H]4CC34C2)n1. The number of halogens is 1. The van der Waals surface area contributed by atoms with Gasteiger partial charge in [-0.1, -0.05) is 19.9 Å². The molecule has 3 atom stereocenters. The Labute approximate surface area is 234 Å². The summed E-state index contributed by atoms with van der Waals surface area (Å²) in [5, 5.41) is -0.226. The number of benzene rings is 1. The number of rotatable bonds is 8. The number of amides is 1. The number of hydrogen-bond donors (Lipinski definition) is 1. The van der Waals surface area contributed by atoms with E-state index in [2.05, 4.69) is 14.6 Å². The summed E-state index contributed by atoms with van der Waals surface area (Å²) >= 11 is 0. The van der Waals surface area contributed by atoms with Crippen molar-refractivity contribution in [1.82, 2.24) is 14.7 Å². The minimum atomic E-state index is -4.20. The van der Waals surface area contributed by atoms with Crippen LogP contribution in [0.15, 0.2) is 53.6 Å². The first kappa shape index (κ1) is 26.7. The molecule has 1 N–H and O–H groups in total. The van der Waals surface area contributed by atoms with E-state index in [1.165, 1.54) is 31.0 Å². The molecule has 10 heteroatoms. The second-order valence-electron chi connectivity index (χ2n) is 11.8. The number of carbonyl (C=O) groups is 1. The Kier molecular flexibility index (Phi) is 6.56. The van der Waals surface area contributed by atoms with Crippen molar-refractivity contribution >= 4 is 21.7 Å². The zero-order valence-electron chi connectivity index (χ0n) is 22.9. The van der Waals surface area contributed by atoms with E-state index in [-0.39, 0.29) is 21.9 Å². The van der Waals surface area contributed by atoms with Gasteiger partial charge < -0.3 is 9.64 Å². The molecule has 2 unspecified atom stereocenters. The number of pyridine rings is 2. The molecular formula is C30H33FN4O4S. The van der Waals surface area contributed by atoms with Gasteiger partial charge in [0.05, 0.1) is 17.9 Å². The first-order valence-corrected chi connectivity index (χ1v) is 15.2. The second kappa shape index (κ2) is 9.83. The molecule has 3 aliphatic rings. The number of sulfonamides is 1. The molecule has 0 bridgehead atoms. The maximum Gasteiger partial charge on any atom is 0.281 e. The van der Waals surface area contributed by atoms with Crippen LogP contribution in [0.3, 0.4) is 0 Å². The number of nitrogens with zero attached hydrogens (tertiary/aromatic N) is 3. The lowest BCUT2D eigenvalue weighted by Crippen LogP contribution is -2.33. The van der Waals surface area contributed by atoms with E-state index in [9.17, 15) is 17.6 Å². The summed E-state index contributed by atoms with van der Waals surface area (Å²) in [5.74, 6) is 1.10. The third-order valence-electron chi connectivity index (χ3n) is 8.42. The van der Waals surface area contributed by atoms with Crippen LogP contribution in [0, 0.1) is 35.9 Å². The summed E-state index contributed by atoms with van der Waals surface area (Å²) in [7, 11) is -4.20. The van der Waals surface area contributed by atoms with E-state index < -0.39 is 21.7 Å². The molecule has 6 rings (SSSR count). The van der Waals surface area contributed by atoms with E-state index in [0.717, 1.165) is 19.5 Å².